The molecule has 1 heterocycles. The van der Waals surface area contributed by atoms with Gasteiger partial charge in [0.15, 0.2) is 0 Å². The number of anilines is 2. The number of sulfonamides is 1. The summed E-state index contributed by atoms with van der Waals surface area (Å²) in [4.78, 5) is 15.3. The van der Waals surface area contributed by atoms with E-state index in [1.54, 1.807) is 48.5 Å². The first-order valence-electron chi connectivity index (χ1n) is 11.8. The molecule has 0 aliphatic carbocycles. The van der Waals surface area contributed by atoms with Crippen LogP contribution in [0.5, 0.6) is 5.75 Å². The number of aryl methyl sites for hydroxylation is 1. The molecule has 9 heteroatoms. The van der Waals surface area contributed by atoms with Gasteiger partial charge in [-0.3, -0.25) is 9.10 Å². The highest BCUT2D eigenvalue weighted by atomic mass is 32.2. The monoisotopic (exact) mass is 509 g/mol. The van der Waals surface area contributed by atoms with Crippen LogP contribution in [0.1, 0.15) is 11.1 Å². The van der Waals surface area contributed by atoms with Gasteiger partial charge < -0.3 is 19.7 Å². The highest BCUT2D eigenvalue weighted by molar-refractivity contribution is 7.92. The van der Waals surface area contributed by atoms with Gasteiger partial charge >= 0.3 is 0 Å². The molecule has 190 valence electrons. The van der Waals surface area contributed by atoms with Crippen LogP contribution < -0.4 is 19.3 Å². The van der Waals surface area contributed by atoms with Gasteiger partial charge in [0.2, 0.25) is 5.91 Å². The molecule has 1 aliphatic heterocycles. The molecule has 8 nitrogen and oxygen atoms in total. The largest absolute Gasteiger partial charge is 0.495 e. The number of morpholine rings is 1. The minimum absolute atomic E-state index is 0.102. The third kappa shape index (κ3) is 5.98. The third-order valence-corrected chi connectivity index (χ3v) is 7.83. The Kier molecular flexibility index (Phi) is 8.12. The normalized spacial score (nSPS) is 13.8. The summed E-state index contributed by atoms with van der Waals surface area (Å²) in [6.45, 7) is 4.91. The number of amides is 1. The number of methoxy groups -OCH3 is 1. The van der Waals surface area contributed by atoms with E-state index in [9.17, 15) is 13.2 Å². The van der Waals surface area contributed by atoms with Gasteiger partial charge in [0.05, 0.1) is 30.9 Å². The summed E-state index contributed by atoms with van der Waals surface area (Å²) in [5.74, 6) is -0.0615. The van der Waals surface area contributed by atoms with E-state index in [2.05, 4.69) is 10.2 Å². The molecule has 0 saturated carbocycles. The van der Waals surface area contributed by atoms with Crippen LogP contribution in [0.25, 0.3) is 0 Å². The molecule has 1 N–H and O–H groups in total. The van der Waals surface area contributed by atoms with Crippen LogP contribution in [0.4, 0.5) is 11.4 Å². The van der Waals surface area contributed by atoms with Crippen molar-refractivity contribution in [1.82, 2.24) is 5.32 Å². The minimum atomic E-state index is -4.02. The van der Waals surface area contributed by atoms with Gasteiger partial charge in [-0.15, -0.1) is 0 Å². The average molecular weight is 510 g/mol. The van der Waals surface area contributed by atoms with E-state index in [0.717, 1.165) is 34.2 Å². The topological polar surface area (TPSA) is 88.2 Å². The van der Waals surface area contributed by atoms with E-state index >= 15 is 0 Å². The fourth-order valence-electron chi connectivity index (χ4n) is 4.01. The Labute approximate surface area is 212 Å². The highest BCUT2D eigenvalue weighted by Gasteiger charge is 2.29. The average Bonchev–Trinajstić information content (AvgIpc) is 2.91. The number of nitrogens with zero attached hydrogens (tertiary/aromatic N) is 2. The number of carbonyl (C=O) groups is 1. The number of para-hydroxylation sites is 2. The smallest absolute Gasteiger partial charge is 0.264 e. The Morgan fingerprint density at radius 1 is 1.00 bits per heavy atom. The van der Waals surface area contributed by atoms with Crippen molar-refractivity contribution < 1.29 is 22.7 Å². The lowest BCUT2D eigenvalue weighted by Crippen LogP contribution is -2.40. The van der Waals surface area contributed by atoms with Gasteiger partial charge in [-0.05, 0) is 48.9 Å². The van der Waals surface area contributed by atoms with Crippen molar-refractivity contribution in [2.45, 2.75) is 18.4 Å². The summed E-state index contributed by atoms with van der Waals surface area (Å²) in [6, 6.07) is 21.3. The molecule has 0 aromatic heterocycles. The zero-order valence-corrected chi connectivity index (χ0v) is 21.3. The number of ether oxygens (including phenoxy) is 2. The van der Waals surface area contributed by atoms with E-state index in [1.165, 1.54) is 7.11 Å². The quantitative estimate of drug-likeness (QED) is 0.476. The number of hydrogen-bond donors (Lipinski definition) is 1. The van der Waals surface area contributed by atoms with E-state index in [4.69, 9.17) is 9.47 Å². The number of benzene rings is 3. The number of carbonyl (C=O) groups excluding carboxylic acids is 1. The molecule has 0 spiro atoms. The summed E-state index contributed by atoms with van der Waals surface area (Å²) in [6.07, 6.45) is 0. The van der Waals surface area contributed by atoms with Crippen LogP contribution >= 0.6 is 0 Å². The molecule has 0 unspecified atom stereocenters. The molecule has 36 heavy (non-hydrogen) atoms. The molecular weight excluding hydrogens is 478 g/mol. The lowest BCUT2D eigenvalue weighted by Gasteiger charge is -2.29. The summed E-state index contributed by atoms with van der Waals surface area (Å²) in [5, 5.41) is 2.85. The molecule has 3 aromatic rings. The van der Waals surface area contributed by atoms with Crippen molar-refractivity contribution in [3.05, 3.63) is 83.9 Å². The summed E-state index contributed by atoms with van der Waals surface area (Å²) in [5.41, 5.74) is 3.27. The maximum atomic E-state index is 13.6. The second-order valence-corrected chi connectivity index (χ2v) is 10.4. The van der Waals surface area contributed by atoms with Crippen molar-refractivity contribution in [2.75, 3.05) is 49.2 Å². The molecule has 1 fully saturated rings. The van der Waals surface area contributed by atoms with Crippen molar-refractivity contribution in [1.29, 1.82) is 0 Å². The molecule has 0 atom stereocenters. The van der Waals surface area contributed by atoms with E-state index in [0.29, 0.717) is 24.7 Å². The van der Waals surface area contributed by atoms with Gasteiger partial charge in [0.1, 0.15) is 12.3 Å². The number of rotatable bonds is 9. The zero-order chi connectivity index (χ0) is 25.5. The summed E-state index contributed by atoms with van der Waals surface area (Å²) < 4.78 is 39.1. The second kappa shape index (κ2) is 11.5. The molecule has 3 aromatic carbocycles. The molecule has 1 amide bonds. The van der Waals surface area contributed by atoms with Crippen molar-refractivity contribution in [2.24, 2.45) is 0 Å². The minimum Gasteiger partial charge on any atom is -0.495 e. The maximum Gasteiger partial charge on any atom is 0.264 e. The first-order valence-corrected chi connectivity index (χ1v) is 13.2. The van der Waals surface area contributed by atoms with Gasteiger partial charge in [0, 0.05) is 25.3 Å². The van der Waals surface area contributed by atoms with Crippen LogP contribution in [0.15, 0.2) is 77.7 Å². The van der Waals surface area contributed by atoms with Crippen molar-refractivity contribution in [3.63, 3.8) is 0 Å². The first-order chi connectivity index (χ1) is 17.4. The van der Waals surface area contributed by atoms with Gasteiger partial charge in [0.25, 0.3) is 10.0 Å². The predicted molar refractivity (Wildman–Crippen MR) is 140 cm³/mol. The molecule has 0 radical (unpaired) electrons. The zero-order valence-electron chi connectivity index (χ0n) is 20.5. The Hall–Kier alpha value is -3.56. The predicted octanol–water partition coefficient (Wildman–Crippen LogP) is 3.35. The van der Waals surface area contributed by atoms with E-state index < -0.39 is 15.9 Å². The Morgan fingerprint density at radius 3 is 2.33 bits per heavy atom. The van der Waals surface area contributed by atoms with Crippen molar-refractivity contribution >= 4 is 27.3 Å². The standard InChI is InChI=1S/C27H31N3O5S/c1-21-7-13-24(14-8-21)36(32,33)30(25-5-3-4-6-26(25)34-2)20-27(31)28-19-22-9-11-23(12-10-22)29-15-17-35-18-16-29/h3-14H,15-20H2,1-2H3,(H,28,31). The number of hydrogen-bond acceptors (Lipinski definition) is 6. The van der Waals surface area contributed by atoms with Crippen LogP contribution in [-0.4, -0.2) is 54.3 Å². The molecule has 4 rings (SSSR count). The Bertz CT molecular complexity index is 1270. The van der Waals surface area contributed by atoms with Gasteiger partial charge in [-0.1, -0.05) is 42.0 Å². The second-order valence-electron chi connectivity index (χ2n) is 8.54. The SMILES string of the molecule is COc1ccccc1N(CC(=O)NCc1ccc(N2CCOCC2)cc1)S(=O)(=O)c1ccc(C)cc1. The van der Waals surface area contributed by atoms with Gasteiger partial charge in [-0.25, -0.2) is 8.42 Å². The van der Waals surface area contributed by atoms with Crippen LogP contribution in [0, 0.1) is 6.92 Å². The maximum absolute atomic E-state index is 13.6. The lowest BCUT2D eigenvalue weighted by atomic mass is 10.2. The van der Waals surface area contributed by atoms with Crippen LogP contribution in [0.2, 0.25) is 0 Å². The fraction of sp³-hybridized carbons (Fsp3) is 0.296. The van der Waals surface area contributed by atoms with Crippen LogP contribution in [-0.2, 0) is 26.1 Å². The first kappa shape index (κ1) is 25.5. The molecular formula is C27H31N3O5S. The molecule has 0 bridgehead atoms. The number of nitrogens with one attached hydrogen (secondary N) is 1. The fourth-order valence-corrected chi connectivity index (χ4v) is 5.44. The summed E-state index contributed by atoms with van der Waals surface area (Å²) >= 11 is 0. The lowest BCUT2D eigenvalue weighted by molar-refractivity contribution is -0.119. The van der Waals surface area contributed by atoms with E-state index in [-0.39, 0.29) is 18.0 Å². The van der Waals surface area contributed by atoms with Crippen molar-refractivity contribution in [3.8, 4) is 5.75 Å². The highest BCUT2D eigenvalue weighted by Crippen LogP contribution is 2.32. The Morgan fingerprint density at radius 2 is 1.67 bits per heavy atom. The van der Waals surface area contributed by atoms with Gasteiger partial charge in [-0.2, -0.15) is 0 Å². The van der Waals surface area contributed by atoms with E-state index in [1.807, 2.05) is 31.2 Å². The molecule has 1 aliphatic rings. The van der Waals surface area contributed by atoms with Crippen LogP contribution in [0.3, 0.4) is 0 Å². The summed E-state index contributed by atoms with van der Waals surface area (Å²) in [7, 11) is -2.55. The molecule has 1 saturated heterocycles. The Balaban J connectivity index is 1.50. The third-order valence-electron chi connectivity index (χ3n) is 6.05.